The molecule has 5 heteroatoms. The van der Waals surface area contributed by atoms with Gasteiger partial charge in [0.05, 0.1) is 13.1 Å². The monoisotopic (exact) mass is 266 g/mol. The van der Waals surface area contributed by atoms with Crippen LogP contribution in [0, 0.1) is 5.82 Å². The maximum absolute atomic E-state index is 12.8. The maximum atomic E-state index is 12.8. The van der Waals surface area contributed by atoms with E-state index in [1.54, 1.807) is 4.90 Å². The molecule has 0 fully saturated rings. The summed E-state index contributed by atoms with van der Waals surface area (Å²) in [5.74, 6) is -0.589. The van der Waals surface area contributed by atoms with Gasteiger partial charge in [-0.25, -0.2) is 4.39 Å². The standard InChI is InChI=1S/C14H19FN2O2/c1-3-16-14(19)10-17(4-2)9-13(18)11-5-7-12(15)8-6-11/h5-8H,3-4,9-10H2,1-2H3,(H,16,19). The van der Waals surface area contributed by atoms with Gasteiger partial charge in [0, 0.05) is 12.1 Å². The first-order valence-corrected chi connectivity index (χ1v) is 6.34. The Hall–Kier alpha value is -1.75. The largest absolute Gasteiger partial charge is 0.355 e. The minimum atomic E-state index is -0.369. The quantitative estimate of drug-likeness (QED) is 0.760. The summed E-state index contributed by atoms with van der Waals surface area (Å²) < 4.78 is 12.8. The van der Waals surface area contributed by atoms with Gasteiger partial charge in [-0.05, 0) is 37.7 Å². The molecule has 0 spiro atoms. The van der Waals surface area contributed by atoms with Crippen LogP contribution in [0.4, 0.5) is 4.39 Å². The molecule has 1 aromatic rings. The molecule has 0 unspecified atom stereocenters. The SMILES string of the molecule is CCNC(=O)CN(CC)CC(=O)c1ccc(F)cc1. The number of carbonyl (C=O) groups is 2. The van der Waals surface area contributed by atoms with E-state index in [1.165, 1.54) is 24.3 Å². The molecule has 0 atom stereocenters. The van der Waals surface area contributed by atoms with Gasteiger partial charge in [-0.1, -0.05) is 6.92 Å². The molecule has 104 valence electrons. The van der Waals surface area contributed by atoms with Crippen LogP contribution in [0.5, 0.6) is 0 Å². The predicted molar refractivity (Wildman–Crippen MR) is 71.5 cm³/mol. The lowest BCUT2D eigenvalue weighted by Crippen LogP contribution is -2.39. The molecule has 0 aliphatic carbocycles. The van der Waals surface area contributed by atoms with Gasteiger partial charge in [-0.2, -0.15) is 0 Å². The van der Waals surface area contributed by atoms with E-state index in [2.05, 4.69) is 5.32 Å². The molecule has 0 aromatic heterocycles. The summed E-state index contributed by atoms with van der Waals surface area (Å²) >= 11 is 0. The lowest BCUT2D eigenvalue weighted by Gasteiger charge is -2.18. The van der Waals surface area contributed by atoms with Crippen molar-refractivity contribution in [3.8, 4) is 0 Å². The number of rotatable bonds is 7. The third-order valence-electron chi connectivity index (χ3n) is 2.72. The van der Waals surface area contributed by atoms with Gasteiger partial charge in [-0.3, -0.25) is 14.5 Å². The molecule has 1 amide bonds. The normalized spacial score (nSPS) is 10.5. The summed E-state index contributed by atoms with van der Waals surface area (Å²) in [6.07, 6.45) is 0. The van der Waals surface area contributed by atoms with Crippen molar-refractivity contribution in [1.82, 2.24) is 10.2 Å². The Labute approximate surface area is 112 Å². The van der Waals surface area contributed by atoms with Crippen LogP contribution >= 0.6 is 0 Å². The lowest BCUT2D eigenvalue weighted by atomic mass is 10.1. The highest BCUT2D eigenvalue weighted by molar-refractivity contribution is 5.97. The third kappa shape index (κ3) is 5.18. The van der Waals surface area contributed by atoms with Gasteiger partial charge in [0.15, 0.2) is 5.78 Å². The van der Waals surface area contributed by atoms with Crippen molar-refractivity contribution >= 4 is 11.7 Å². The number of carbonyl (C=O) groups excluding carboxylic acids is 2. The van der Waals surface area contributed by atoms with Crippen molar-refractivity contribution in [1.29, 1.82) is 0 Å². The molecule has 1 rings (SSSR count). The minimum Gasteiger partial charge on any atom is -0.355 e. The van der Waals surface area contributed by atoms with Gasteiger partial charge in [0.25, 0.3) is 0 Å². The third-order valence-corrected chi connectivity index (χ3v) is 2.72. The van der Waals surface area contributed by atoms with Crippen LogP contribution in [0.15, 0.2) is 24.3 Å². The van der Waals surface area contributed by atoms with Gasteiger partial charge < -0.3 is 5.32 Å². The fourth-order valence-electron chi connectivity index (χ4n) is 1.67. The van der Waals surface area contributed by atoms with E-state index >= 15 is 0 Å². The lowest BCUT2D eigenvalue weighted by molar-refractivity contribution is -0.121. The summed E-state index contributed by atoms with van der Waals surface area (Å²) in [7, 11) is 0. The van der Waals surface area contributed by atoms with Crippen LogP contribution in [0.3, 0.4) is 0 Å². The Morgan fingerprint density at radius 1 is 1.16 bits per heavy atom. The molecular weight excluding hydrogens is 247 g/mol. The minimum absolute atomic E-state index is 0.101. The van der Waals surface area contributed by atoms with Gasteiger partial charge >= 0.3 is 0 Å². The van der Waals surface area contributed by atoms with E-state index in [0.29, 0.717) is 18.7 Å². The molecule has 1 N–H and O–H groups in total. The van der Waals surface area contributed by atoms with Crippen molar-refractivity contribution in [2.24, 2.45) is 0 Å². The second-order valence-electron chi connectivity index (χ2n) is 4.19. The highest BCUT2D eigenvalue weighted by atomic mass is 19.1. The Morgan fingerprint density at radius 2 is 1.79 bits per heavy atom. The second kappa shape index (κ2) is 7.63. The number of likely N-dealkylation sites (N-methyl/N-ethyl adjacent to an activating group) is 2. The molecule has 0 aliphatic heterocycles. The van der Waals surface area contributed by atoms with Crippen LogP contribution < -0.4 is 5.32 Å². The topological polar surface area (TPSA) is 49.4 Å². The zero-order chi connectivity index (χ0) is 14.3. The zero-order valence-electron chi connectivity index (χ0n) is 11.3. The zero-order valence-corrected chi connectivity index (χ0v) is 11.3. The number of hydrogen-bond acceptors (Lipinski definition) is 3. The number of ketones is 1. The van der Waals surface area contributed by atoms with Crippen molar-refractivity contribution in [2.75, 3.05) is 26.2 Å². The number of hydrogen-bond donors (Lipinski definition) is 1. The van der Waals surface area contributed by atoms with E-state index in [1.807, 2.05) is 13.8 Å². The van der Waals surface area contributed by atoms with Gasteiger partial charge in [0.1, 0.15) is 5.82 Å². The predicted octanol–water partition coefficient (Wildman–Crippen LogP) is 1.47. The van der Waals surface area contributed by atoms with E-state index in [0.717, 1.165) is 0 Å². The van der Waals surface area contributed by atoms with Crippen molar-refractivity contribution in [2.45, 2.75) is 13.8 Å². The Bertz CT molecular complexity index is 432. The molecule has 19 heavy (non-hydrogen) atoms. The Kier molecular flexibility index (Phi) is 6.15. The number of amides is 1. The number of halogens is 1. The van der Waals surface area contributed by atoms with Crippen LogP contribution in [0.1, 0.15) is 24.2 Å². The van der Waals surface area contributed by atoms with E-state index in [4.69, 9.17) is 0 Å². The van der Waals surface area contributed by atoms with Gasteiger partial charge in [-0.15, -0.1) is 0 Å². The summed E-state index contributed by atoms with van der Waals surface area (Å²) in [5.41, 5.74) is 0.454. The van der Waals surface area contributed by atoms with Crippen molar-refractivity contribution < 1.29 is 14.0 Å². The molecule has 0 radical (unpaired) electrons. The number of Topliss-reactive ketones (excluding diaryl/α,β-unsaturated/α-hetero) is 1. The van der Waals surface area contributed by atoms with Crippen LogP contribution in [0.25, 0.3) is 0 Å². The average Bonchev–Trinajstić information content (AvgIpc) is 2.38. The number of nitrogens with zero attached hydrogens (tertiary/aromatic N) is 1. The summed E-state index contributed by atoms with van der Waals surface area (Å²) in [4.78, 5) is 25.2. The fraction of sp³-hybridized carbons (Fsp3) is 0.429. The molecule has 0 heterocycles. The molecular formula is C14H19FN2O2. The van der Waals surface area contributed by atoms with Crippen LogP contribution in [0.2, 0.25) is 0 Å². The van der Waals surface area contributed by atoms with Gasteiger partial charge in [0.2, 0.25) is 5.91 Å². The first-order valence-electron chi connectivity index (χ1n) is 6.34. The molecule has 4 nitrogen and oxygen atoms in total. The molecule has 0 saturated heterocycles. The van der Waals surface area contributed by atoms with Crippen molar-refractivity contribution in [3.63, 3.8) is 0 Å². The molecule has 1 aromatic carbocycles. The molecule has 0 aliphatic rings. The summed E-state index contributed by atoms with van der Waals surface area (Å²) in [6.45, 7) is 5.25. The first-order chi connectivity index (χ1) is 9.06. The average molecular weight is 266 g/mol. The first kappa shape index (κ1) is 15.3. The summed E-state index contributed by atoms with van der Waals surface area (Å²) in [5, 5.41) is 2.69. The highest BCUT2D eigenvalue weighted by Crippen LogP contribution is 2.05. The molecule has 0 bridgehead atoms. The highest BCUT2D eigenvalue weighted by Gasteiger charge is 2.14. The summed E-state index contributed by atoms with van der Waals surface area (Å²) in [6, 6.07) is 5.43. The van der Waals surface area contributed by atoms with Crippen LogP contribution in [-0.2, 0) is 4.79 Å². The van der Waals surface area contributed by atoms with E-state index < -0.39 is 0 Å². The Morgan fingerprint density at radius 3 is 2.32 bits per heavy atom. The van der Waals surface area contributed by atoms with Crippen LogP contribution in [-0.4, -0.2) is 42.8 Å². The fourth-order valence-corrected chi connectivity index (χ4v) is 1.67. The molecule has 0 saturated carbocycles. The number of benzene rings is 1. The van der Waals surface area contributed by atoms with E-state index in [-0.39, 0.29) is 30.6 Å². The Balaban J connectivity index is 2.57. The smallest absolute Gasteiger partial charge is 0.234 e. The van der Waals surface area contributed by atoms with E-state index in [9.17, 15) is 14.0 Å². The number of nitrogens with one attached hydrogen (secondary N) is 1. The second-order valence-corrected chi connectivity index (χ2v) is 4.19. The van der Waals surface area contributed by atoms with Crippen molar-refractivity contribution in [3.05, 3.63) is 35.6 Å². The maximum Gasteiger partial charge on any atom is 0.234 e.